The van der Waals surface area contributed by atoms with Crippen molar-refractivity contribution in [3.05, 3.63) is 35.5 Å². The van der Waals surface area contributed by atoms with Crippen LogP contribution in [0.15, 0.2) is 35.5 Å². The van der Waals surface area contributed by atoms with E-state index in [4.69, 9.17) is 0 Å². The van der Waals surface area contributed by atoms with Crippen LogP contribution in [0, 0.1) is 23.2 Å². The molecule has 24 heavy (non-hydrogen) atoms. The van der Waals surface area contributed by atoms with Crippen molar-refractivity contribution in [1.82, 2.24) is 0 Å². The molecule has 0 bridgehead atoms. The van der Waals surface area contributed by atoms with E-state index in [1.54, 1.807) is 12.2 Å². The van der Waals surface area contributed by atoms with Gasteiger partial charge in [-0.05, 0) is 55.2 Å². The lowest BCUT2D eigenvalue weighted by Gasteiger charge is -2.32. The Kier molecular flexibility index (Phi) is 6.37. The van der Waals surface area contributed by atoms with Gasteiger partial charge in [0.15, 0.2) is 5.78 Å². The van der Waals surface area contributed by atoms with Crippen molar-refractivity contribution < 1.29 is 9.59 Å². The smallest absolute Gasteiger partial charge is 0.231 e. The molecule has 0 amide bonds. The first kappa shape index (κ1) is 18.5. The summed E-state index contributed by atoms with van der Waals surface area (Å²) in [6, 6.07) is 0. The molecule has 0 saturated carbocycles. The van der Waals surface area contributed by atoms with Gasteiger partial charge in [-0.3, -0.25) is 9.59 Å². The van der Waals surface area contributed by atoms with E-state index in [-0.39, 0.29) is 17.0 Å². The topological polar surface area (TPSA) is 34.1 Å². The Morgan fingerprint density at radius 1 is 1.21 bits per heavy atom. The second-order valence-corrected chi connectivity index (χ2v) is 6.90. The van der Waals surface area contributed by atoms with Crippen molar-refractivity contribution in [3.63, 3.8) is 0 Å². The molecule has 0 radical (unpaired) electrons. The summed E-state index contributed by atoms with van der Waals surface area (Å²) < 4.78 is 0. The third-order valence-electron chi connectivity index (χ3n) is 5.17. The number of unbranched alkanes of at least 4 members (excludes halogenated alkanes) is 3. The molecule has 2 aliphatic carbocycles. The summed E-state index contributed by atoms with van der Waals surface area (Å²) in [6.45, 7) is 6.45. The average Bonchev–Trinajstić information content (AvgIpc) is 2.84. The number of carbonyl (C=O) groups is 2. The molecule has 2 nitrogen and oxygen atoms in total. The Hall–Kier alpha value is -1.88. The second kappa shape index (κ2) is 8.29. The van der Waals surface area contributed by atoms with Crippen LogP contribution in [0.25, 0.3) is 0 Å². The van der Waals surface area contributed by atoms with Gasteiger partial charge in [-0.2, -0.15) is 0 Å². The fraction of sp³-hybridized carbons (Fsp3) is 0.545. The molecule has 0 aliphatic heterocycles. The number of Topliss-reactive ketones (excluding diaryl/α,β-unsaturated/α-hetero) is 1. The summed E-state index contributed by atoms with van der Waals surface area (Å²) in [5, 5.41) is 0. The Balaban J connectivity index is 2.35. The summed E-state index contributed by atoms with van der Waals surface area (Å²) in [7, 11) is 0. The summed E-state index contributed by atoms with van der Waals surface area (Å²) in [5.74, 6) is 6.19. The van der Waals surface area contributed by atoms with Gasteiger partial charge in [-0.15, -0.1) is 0 Å². The lowest BCUT2D eigenvalue weighted by atomic mass is 9.70. The highest BCUT2D eigenvalue weighted by atomic mass is 16.1. The number of hydrogen-bond donors (Lipinski definition) is 0. The highest BCUT2D eigenvalue weighted by Gasteiger charge is 2.44. The molecule has 2 heteroatoms. The van der Waals surface area contributed by atoms with Crippen molar-refractivity contribution in [1.29, 1.82) is 0 Å². The predicted molar refractivity (Wildman–Crippen MR) is 98.4 cm³/mol. The zero-order valence-corrected chi connectivity index (χ0v) is 15.2. The molecular formula is C22H28O2. The van der Waals surface area contributed by atoms with E-state index in [1.165, 1.54) is 5.57 Å². The number of allylic oxidation sites excluding steroid dienone is 6. The molecule has 0 aromatic carbocycles. The van der Waals surface area contributed by atoms with Crippen molar-refractivity contribution in [2.24, 2.45) is 11.3 Å². The molecule has 0 fully saturated rings. The van der Waals surface area contributed by atoms with E-state index in [9.17, 15) is 9.59 Å². The van der Waals surface area contributed by atoms with Crippen LogP contribution in [-0.2, 0) is 9.59 Å². The molecule has 0 aromatic rings. The first-order valence-corrected chi connectivity index (χ1v) is 9.23. The Morgan fingerprint density at radius 3 is 2.50 bits per heavy atom. The number of ketones is 2. The predicted octanol–water partition coefficient (Wildman–Crippen LogP) is 4.96. The van der Waals surface area contributed by atoms with Gasteiger partial charge < -0.3 is 0 Å². The summed E-state index contributed by atoms with van der Waals surface area (Å²) in [5.41, 5.74) is 1.81. The molecule has 0 heterocycles. The summed E-state index contributed by atoms with van der Waals surface area (Å²) >= 11 is 0. The van der Waals surface area contributed by atoms with Gasteiger partial charge >= 0.3 is 0 Å². The third kappa shape index (κ3) is 3.78. The van der Waals surface area contributed by atoms with Crippen LogP contribution in [0.3, 0.4) is 0 Å². The van der Waals surface area contributed by atoms with Gasteiger partial charge in [0.1, 0.15) is 0 Å². The largest absolute Gasteiger partial charge is 0.290 e. The van der Waals surface area contributed by atoms with Gasteiger partial charge in [-0.25, -0.2) is 0 Å². The molecule has 0 saturated heterocycles. The maximum absolute atomic E-state index is 12.7. The van der Waals surface area contributed by atoms with Crippen molar-refractivity contribution >= 4 is 11.6 Å². The molecular weight excluding hydrogens is 296 g/mol. The minimum Gasteiger partial charge on any atom is -0.290 e. The van der Waals surface area contributed by atoms with Crippen LogP contribution in [-0.4, -0.2) is 11.6 Å². The van der Waals surface area contributed by atoms with E-state index >= 15 is 0 Å². The lowest BCUT2D eigenvalue weighted by molar-refractivity contribution is -0.111. The minimum atomic E-state index is -0.265. The van der Waals surface area contributed by atoms with E-state index < -0.39 is 0 Å². The van der Waals surface area contributed by atoms with Gasteiger partial charge in [0.05, 0.1) is 0 Å². The average molecular weight is 324 g/mol. The fourth-order valence-electron chi connectivity index (χ4n) is 3.67. The van der Waals surface area contributed by atoms with Crippen LogP contribution in [0.2, 0.25) is 0 Å². The van der Waals surface area contributed by atoms with E-state index in [2.05, 4.69) is 32.6 Å². The Bertz CT molecular complexity index is 633. The van der Waals surface area contributed by atoms with Gasteiger partial charge in [0, 0.05) is 17.4 Å². The lowest BCUT2D eigenvalue weighted by Crippen LogP contribution is -2.25. The van der Waals surface area contributed by atoms with E-state index in [0.717, 1.165) is 50.5 Å². The van der Waals surface area contributed by atoms with Crippen LogP contribution in [0.5, 0.6) is 0 Å². The van der Waals surface area contributed by atoms with Crippen LogP contribution in [0.1, 0.15) is 65.7 Å². The van der Waals surface area contributed by atoms with Crippen LogP contribution in [0.4, 0.5) is 0 Å². The molecule has 2 aliphatic rings. The standard InChI is InChI=1S/C22H28O2/c1-4-6-8-9-11-21(24)19-16-17(3)22(20(19)10-7-5-2)14-12-18(23)13-15-22/h12-15,17H,4-8,10,16H2,1-3H3. The van der Waals surface area contributed by atoms with Crippen LogP contribution >= 0.6 is 0 Å². The molecule has 0 aromatic heterocycles. The third-order valence-corrected chi connectivity index (χ3v) is 5.17. The maximum Gasteiger partial charge on any atom is 0.231 e. The van der Waals surface area contributed by atoms with E-state index in [1.807, 2.05) is 12.2 Å². The fourth-order valence-corrected chi connectivity index (χ4v) is 3.67. The number of rotatable bonds is 6. The molecule has 1 spiro atoms. The molecule has 0 N–H and O–H groups in total. The summed E-state index contributed by atoms with van der Waals surface area (Å²) in [6.07, 6.45) is 14.0. The number of hydrogen-bond acceptors (Lipinski definition) is 2. The van der Waals surface area contributed by atoms with Crippen molar-refractivity contribution in [3.8, 4) is 11.8 Å². The molecule has 128 valence electrons. The van der Waals surface area contributed by atoms with Crippen molar-refractivity contribution in [2.45, 2.75) is 65.7 Å². The van der Waals surface area contributed by atoms with Crippen molar-refractivity contribution in [2.75, 3.05) is 0 Å². The minimum absolute atomic E-state index is 0.0142. The van der Waals surface area contributed by atoms with Gasteiger partial charge in [-0.1, -0.05) is 51.7 Å². The zero-order valence-electron chi connectivity index (χ0n) is 15.2. The highest BCUT2D eigenvalue weighted by Crippen LogP contribution is 2.52. The van der Waals surface area contributed by atoms with E-state index in [0.29, 0.717) is 5.92 Å². The highest BCUT2D eigenvalue weighted by molar-refractivity contribution is 6.10. The number of carbonyl (C=O) groups excluding carboxylic acids is 2. The van der Waals surface area contributed by atoms with Gasteiger partial charge in [0.25, 0.3) is 0 Å². The first-order valence-electron chi connectivity index (χ1n) is 9.23. The molecule has 1 atom stereocenters. The normalized spacial score (nSPS) is 21.3. The Morgan fingerprint density at radius 2 is 1.88 bits per heavy atom. The maximum atomic E-state index is 12.7. The molecule has 1 unspecified atom stereocenters. The molecule has 2 rings (SSSR count). The second-order valence-electron chi connectivity index (χ2n) is 6.90. The van der Waals surface area contributed by atoms with Gasteiger partial charge in [0.2, 0.25) is 5.78 Å². The Labute approximate surface area is 146 Å². The monoisotopic (exact) mass is 324 g/mol. The zero-order chi connectivity index (χ0) is 17.6. The SMILES string of the molecule is CCCCC#CC(=O)C1=C(CCCC)C2(C=CC(=O)C=C2)C(C)C1. The first-order chi connectivity index (χ1) is 11.5. The van der Waals surface area contributed by atoms with Crippen LogP contribution < -0.4 is 0 Å². The quantitative estimate of drug-likeness (QED) is 0.393. The summed E-state index contributed by atoms with van der Waals surface area (Å²) in [4.78, 5) is 24.2.